The van der Waals surface area contributed by atoms with Crippen molar-refractivity contribution in [3.8, 4) is 0 Å². The van der Waals surface area contributed by atoms with Crippen LogP contribution in [0.2, 0.25) is 0 Å². The minimum absolute atomic E-state index is 0.0407. The van der Waals surface area contributed by atoms with Gasteiger partial charge in [-0.25, -0.2) is 4.79 Å². The van der Waals surface area contributed by atoms with Crippen molar-refractivity contribution in [2.45, 2.75) is 57.8 Å². The maximum absolute atomic E-state index is 11.9. The number of nitro groups is 1. The third-order valence-corrected chi connectivity index (χ3v) is 3.70. The average Bonchev–Trinajstić information content (AvgIpc) is 2.68. The molecule has 0 aliphatic carbocycles. The van der Waals surface area contributed by atoms with Gasteiger partial charge >= 0.3 is 11.8 Å². The normalized spacial score (nSPS) is 21.8. The lowest BCUT2D eigenvalue weighted by molar-refractivity contribution is -0.386. The van der Waals surface area contributed by atoms with E-state index in [1.165, 1.54) is 10.9 Å². The van der Waals surface area contributed by atoms with Crippen molar-refractivity contribution in [2.75, 3.05) is 6.61 Å². The van der Waals surface area contributed by atoms with Gasteiger partial charge in [0.25, 0.3) is 0 Å². The molecule has 2 atom stereocenters. The molecule has 1 saturated heterocycles. The number of rotatable bonds is 3. The monoisotopic (exact) mass is 340 g/mol. The Morgan fingerprint density at radius 1 is 1.50 bits per heavy atom. The van der Waals surface area contributed by atoms with E-state index in [9.17, 15) is 14.9 Å². The molecule has 1 aromatic rings. The first-order chi connectivity index (χ1) is 11.2. The third kappa shape index (κ3) is 4.67. The number of hydrogen-bond donors (Lipinski definition) is 1. The largest absolute Gasteiger partial charge is 0.444 e. The first-order valence-electron chi connectivity index (χ1n) is 7.95. The summed E-state index contributed by atoms with van der Waals surface area (Å²) in [7, 11) is 1.66. The van der Waals surface area contributed by atoms with E-state index in [1.54, 1.807) is 27.8 Å². The predicted octanol–water partition coefficient (Wildman–Crippen LogP) is 2.46. The van der Waals surface area contributed by atoms with Crippen LogP contribution in [0.15, 0.2) is 6.20 Å². The molecule has 2 heterocycles. The second-order valence-electron chi connectivity index (χ2n) is 6.89. The van der Waals surface area contributed by atoms with Crippen LogP contribution in [0.4, 0.5) is 10.5 Å². The lowest BCUT2D eigenvalue weighted by Crippen LogP contribution is -2.41. The summed E-state index contributed by atoms with van der Waals surface area (Å²) in [6, 6.07) is -0.183. The smallest absolute Gasteiger partial charge is 0.407 e. The summed E-state index contributed by atoms with van der Waals surface area (Å²) < 4.78 is 12.5. The standard InChI is InChI=1S/C15H24N4O5/c1-15(2,3)24-14(20)17-10-6-5-7-12(23-9-10)13-11(19(21)22)8-16-18(13)4/h8,10,12H,5-7,9H2,1-4H3,(H,17,20). The van der Waals surface area contributed by atoms with Gasteiger partial charge < -0.3 is 14.8 Å². The first kappa shape index (κ1) is 18.2. The molecular formula is C15H24N4O5. The molecule has 1 aliphatic heterocycles. The Morgan fingerprint density at radius 2 is 2.21 bits per heavy atom. The lowest BCUT2D eigenvalue weighted by Gasteiger charge is -2.23. The molecule has 1 amide bonds. The second kappa shape index (κ2) is 7.16. The van der Waals surface area contributed by atoms with Crippen molar-refractivity contribution >= 4 is 11.8 Å². The van der Waals surface area contributed by atoms with Gasteiger partial charge in [0, 0.05) is 7.05 Å². The molecule has 1 aromatic heterocycles. The van der Waals surface area contributed by atoms with Crippen LogP contribution in [-0.2, 0) is 16.5 Å². The molecule has 1 N–H and O–H groups in total. The van der Waals surface area contributed by atoms with Crippen LogP contribution in [0.3, 0.4) is 0 Å². The van der Waals surface area contributed by atoms with E-state index < -0.39 is 22.7 Å². The quantitative estimate of drug-likeness (QED) is 0.669. The highest BCUT2D eigenvalue weighted by molar-refractivity contribution is 5.68. The molecule has 1 fully saturated rings. The third-order valence-electron chi connectivity index (χ3n) is 3.70. The Bertz CT molecular complexity index is 607. The zero-order valence-electron chi connectivity index (χ0n) is 14.4. The molecular weight excluding hydrogens is 316 g/mol. The molecule has 134 valence electrons. The van der Waals surface area contributed by atoms with Crippen LogP contribution < -0.4 is 5.32 Å². The van der Waals surface area contributed by atoms with E-state index in [2.05, 4.69) is 10.4 Å². The number of alkyl carbamates (subject to hydrolysis) is 1. The maximum Gasteiger partial charge on any atom is 0.407 e. The van der Waals surface area contributed by atoms with Crippen molar-refractivity contribution in [2.24, 2.45) is 7.05 Å². The number of nitrogens with one attached hydrogen (secondary N) is 1. The topological polar surface area (TPSA) is 109 Å². The SMILES string of the molecule is Cn1ncc([N+](=O)[O-])c1C1CCCC(NC(=O)OC(C)(C)C)CO1. The number of hydrogen-bond acceptors (Lipinski definition) is 6. The average molecular weight is 340 g/mol. The van der Waals surface area contributed by atoms with Gasteiger partial charge in [-0.2, -0.15) is 5.10 Å². The summed E-state index contributed by atoms with van der Waals surface area (Å²) >= 11 is 0. The number of ether oxygens (including phenoxy) is 2. The maximum atomic E-state index is 11.9. The Labute approximate surface area is 140 Å². The molecule has 9 nitrogen and oxygen atoms in total. The van der Waals surface area contributed by atoms with Gasteiger partial charge in [-0.05, 0) is 40.0 Å². The fraction of sp³-hybridized carbons (Fsp3) is 0.733. The lowest BCUT2D eigenvalue weighted by atomic mass is 10.1. The Balaban J connectivity index is 2.00. The van der Waals surface area contributed by atoms with Crippen LogP contribution >= 0.6 is 0 Å². The van der Waals surface area contributed by atoms with Gasteiger partial charge in [0.2, 0.25) is 0 Å². The first-order valence-corrected chi connectivity index (χ1v) is 7.95. The molecule has 24 heavy (non-hydrogen) atoms. The Morgan fingerprint density at radius 3 is 2.83 bits per heavy atom. The molecule has 9 heteroatoms. The van der Waals surface area contributed by atoms with E-state index >= 15 is 0 Å². The molecule has 0 radical (unpaired) electrons. The van der Waals surface area contributed by atoms with Crippen LogP contribution in [0.1, 0.15) is 51.8 Å². The molecule has 0 bridgehead atoms. The summed E-state index contributed by atoms with van der Waals surface area (Å²) in [6.07, 6.45) is 2.46. The van der Waals surface area contributed by atoms with Crippen LogP contribution in [0.25, 0.3) is 0 Å². The number of aryl methyl sites for hydroxylation is 1. The van der Waals surface area contributed by atoms with E-state index in [0.717, 1.165) is 12.8 Å². The van der Waals surface area contributed by atoms with Gasteiger partial charge in [-0.15, -0.1) is 0 Å². The molecule has 0 saturated carbocycles. The fourth-order valence-electron chi connectivity index (χ4n) is 2.70. The molecule has 0 spiro atoms. The van der Waals surface area contributed by atoms with E-state index in [1.807, 2.05) is 0 Å². The number of amides is 1. The molecule has 0 aromatic carbocycles. The molecule has 2 rings (SSSR count). The zero-order valence-corrected chi connectivity index (χ0v) is 14.4. The van der Waals surface area contributed by atoms with Crippen LogP contribution in [0, 0.1) is 10.1 Å². The molecule has 1 aliphatic rings. The van der Waals surface area contributed by atoms with Gasteiger partial charge in [0.1, 0.15) is 23.6 Å². The van der Waals surface area contributed by atoms with Crippen LogP contribution in [0.5, 0.6) is 0 Å². The van der Waals surface area contributed by atoms with Crippen molar-refractivity contribution in [1.82, 2.24) is 15.1 Å². The van der Waals surface area contributed by atoms with Gasteiger partial charge in [0.15, 0.2) is 0 Å². The highest BCUT2D eigenvalue weighted by atomic mass is 16.6. The fourth-order valence-corrected chi connectivity index (χ4v) is 2.70. The summed E-state index contributed by atoms with van der Waals surface area (Å²) in [5, 5.41) is 17.9. The highest BCUT2D eigenvalue weighted by Crippen LogP contribution is 2.32. The molecule has 2 unspecified atom stereocenters. The van der Waals surface area contributed by atoms with Gasteiger partial charge in [-0.1, -0.05) is 0 Å². The van der Waals surface area contributed by atoms with E-state index in [-0.39, 0.29) is 18.3 Å². The van der Waals surface area contributed by atoms with Gasteiger partial charge in [-0.3, -0.25) is 14.8 Å². The van der Waals surface area contributed by atoms with Gasteiger partial charge in [0.05, 0.1) is 17.6 Å². The van der Waals surface area contributed by atoms with Crippen molar-refractivity contribution < 1.29 is 19.2 Å². The van der Waals surface area contributed by atoms with E-state index in [0.29, 0.717) is 12.1 Å². The number of carbonyl (C=O) groups is 1. The summed E-state index contributed by atoms with van der Waals surface area (Å²) in [5.74, 6) is 0. The van der Waals surface area contributed by atoms with Crippen molar-refractivity contribution in [3.63, 3.8) is 0 Å². The van der Waals surface area contributed by atoms with Crippen LogP contribution in [-0.4, -0.2) is 39.0 Å². The number of nitrogens with zero attached hydrogens (tertiary/aromatic N) is 3. The summed E-state index contributed by atoms with van der Waals surface area (Å²) in [5.41, 5.74) is -0.146. The summed E-state index contributed by atoms with van der Waals surface area (Å²) in [6.45, 7) is 5.67. The summed E-state index contributed by atoms with van der Waals surface area (Å²) in [4.78, 5) is 22.5. The predicted molar refractivity (Wildman–Crippen MR) is 85.6 cm³/mol. The van der Waals surface area contributed by atoms with Crippen molar-refractivity contribution in [1.29, 1.82) is 0 Å². The zero-order chi connectivity index (χ0) is 17.9. The number of carbonyl (C=O) groups excluding carboxylic acids is 1. The van der Waals surface area contributed by atoms with Crippen molar-refractivity contribution in [3.05, 3.63) is 22.0 Å². The Kier molecular flexibility index (Phi) is 5.43. The minimum Gasteiger partial charge on any atom is -0.444 e. The minimum atomic E-state index is -0.562. The number of aromatic nitrogens is 2. The second-order valence-corrected chi connectivity index (χ2v) is 6.89. The van der Waals surface area contributed by atoms with E-state index in [4.69, 9.17) is 9.47 Å². The Hall–Kier alpha value is -2.16. The highest BCUT2D eigenvalue weighted by Gasteiger charge is 2.31.